The Morgan fingerprint density at radius 2 is 2.43 bits per heavy atom. The van der Waals surface area contributed by atoms with E-state index < -0.39 is 7.12 Å². The van der Waals surface area contributed by atoms with Gasteiger partial charge in [0, 0.05) is 0 Å². The first kappa shape index (κ1) is 10.8. The zero-order chi connectivity index (χ0) is 10.6. The van der Waals surface area contributed by atoms with Crippen LogP contribution in [-0.2, 0) is 4.79 Å². The van der Waals surface area contributed by atoms with Gasteiger partial charge in [0.15, 0.2) is 0 Å². The largest absolute Gasteiger partial charge is 0.484 e. The Kier molecular flexibility index (Phi) is 3.68. The Balaban J connectivity index is 2.54. The van der Waals surface area contributed by atoms with Crippen molar-refractivity contribution in [2.75, 3.05) is 0 Å². The predicted molar refractivity (Wildman–Crippen MR) is 54.2 cm³/mol. The SMILES string of the molecule is C=CC(=O)NC1C=CC=C(B(O)O)C1. The van der Waals surface area contributed by atoms with Crippen molar-refractivity contribution in [3.63, 3.8) is 0 Å². The molecule has 1 aliphatic carbocycles. The molecule has 4 nitrogen and oxygen atoms in total. The minimum atomic E-state index is -1.46. The van der Waals surface area contributed by atoms with Crippen LogP contribution in [0, 0.1) is 0 Å². The van der Waals surface area contributed by atoms with Gasteiger partial charge >= 0.3 is 7.12 Å². The Labute approximate surface area is 82.8 Å². The number of amides is 1. The Hall–Kier alpha value is -1.33. The molecule has 5 heteroatoms. The molecule has 0 aromatic carbocycles. The summed E-state index contributed by atoms with van der Waals surface area (Å²) >= 11 is 0. The number of hydrogen-bond donors (Lipinski definition) is 3. The van der Waals surface area contributed by atoms with E-state index in [0.29, 0.717) is 11.9 Å². The van der Waals surface area contributed by atoms with Crippen molar-refractivity contribution < 1.29 is 14.8 Å². The molecule has 0 aliphatic heterocycles. The van der Waals surface area contributed by atoms with E-state index in [-0.39, 0.29) is 11.9 Å². The molecule has 0 heterocycles. The van der Waals surface area contributed by atoms with Gasteiger partial charge in [0.25, 0.3) is 0 Å². The zero-order valence-electron chi connectivity index (χ0n) is 7.68. The fourth-order valence-electron chi connectivity index (χ4n) is 1.24. The van der Waals surface area contributed by atoms with Gasteiger partial charge in [-0.25, -0.2) is 0 Å². The van der Waals surface area contributed by atoms with Crippen molar-refractivity contribution >= 4 is 13.0 Å². The molecule has 1 atom stereocenters. The number of hydrogen-bond acceptors (Lipinski definition) is 3. The molecule has 74 valence electrons. The van der Waals surface area contributed by atoms with Crippen molar-refractivity contribution in [1.82, 2.24) is 5.32 Å². The zero-order valence-corrected chi connectivity index (χ0v) is 7.68. The quantitative estimate of drug-likeness (QED) is 0.420. The standard InChI is InChI=1S/C9H12BNO3/c1-2-9(12)11-8-5-3-4-7(6-8)10(13)14/h2-5,8,13-14H,1,6H2,(H,11,12). The van der Waals surface area contributed by atoms with E-state index in [0.717, 1.165) is 0 Å². The highest BCUT2D eigenvalue weighted by Gasteiger charge is 2.20. The number of carbonyl (C=O) groups excluding carboxylic acids is 1. The summed E-state index contributed by atoms with van der Waals surface area (Å²) in [6, 6.07) is -0.192. The summed E-state index contributed by atoms with van der Waals surface area (Å²) in [7, 11) is -1.46. The molecule has 3 N–H and O–H groups in total. The number of nitrogens with one attached hydrogen (secondary N) is 1. The van der Waals surface area contributed by atoms with Crippen LogP contribution in [0.15, 0.2) is 36.4 Å². The van der Waals surface area contributed by atoms with Crippen LogP contribution >= 0.6 is 0 Å². The van der Waals surface area contributed by atoms with E-state index in [1.807, 2.05) is 0 Å². The first-order valence-electron chi connectivity index (χ1n) is 4.30. The minimum absolute atomic E-state index is 0.192. The van der Waals surface area contributed by atoms with Crippen LogP contribution in [0.25, 0.3) is 0 Å². The molecule has 0 aromatic heterocycles. The highest BCUT2D eigenvalue weighted by atomic mass is 16.4. The normalized spacial score (nSPS) is 19.9. The highest BCUT2D eigenvalue weighted by Crippen LogP contribution is 2.13. The lowest BCUT2D eigenvalue weighted by atomic mass is 9.74. The average molecular weight is 193 g/mol. The molecule has 1 unspecified atom stereocenters. The van der Waals surface area contributed by atoms with Gasteiger partial charge < -0.3 is 15.4 Å². The third kappa shape index (κ3) is 2.87. The van der Waals surface area contributed by atoms with Crippen LogP contribution in [-0.4, -0.2) is 29.1 Å². The monoisotopic (exact) mass is 193 g/mol. The van der Waals surface area contributed by atoms with E-state index in [4.69, 9.17) is 10.0 Å². The van der Waals surface area contributed by atoms with Gasteiger partial charge in [-0.3, -0.25) is 4.79 Å². The summed E-state index contributed by atoms with van der Waals surface area (Å²) < 4.78 is 0. The smallest absolute Gasteiger partial charge is 0.423 e. The summed E-state index contributed by atoms with van der Waals surface area (Å²) in [5, 5.41) is 20.5. The lowest BCUT2D eigenvalue weighted by Gasteiger charge is -2.18. The summed E-state index contributed by atoms with van der Waals surface area (Å²) in [5.41, 5.74) is 0.488. The molecule has 1 amide bonds. The van der Waals surface area contributed by atoms with Gasteiger partial charge in [0.2, 0.25) is 5.91 Å². The minimum Gasteiger partial charge on any atom is -0.423 e. The van der Waals surface area contributed by atoms with E-state index in [9.17, 15) is 4.79 Å². The first-order valence-corrected chi connectivity index (χ1v) is 4.30. The van der Waals surface area contributed by atoms with Crippen LogP contribution in [0.5, 0.6) is 0 Å². The fourth-order valence-corrected chi connectivity index (χ4v) is 1.24. The number of allylic oxidation sites excluding steroid dienone is 2. The summed E-state index contributed by atoms with van der Waals surface area (Å²) in [6.07, 6.45) is 6.69. The van der Waals surface area contributed by atoms with Crippen molar-refractivity contribution in [2.24, 2.45) is 0 Å². The maximum atomic E-state index is 10.9. The Bertz CT molecular complexity index is 296. The molecule has 0 bridgehead atoms. The fraction of sp³-hybridized carbons (Fsp3) is 0.222. The van der Waals surface area contributed by atoms with Crippen LogP contribution < -0.4 is 5.32 Å². The van der Waals surface area contributed by atoms with Gasteiger partial charge in [-0.05, 0) is 18.0 Å². The van der Waals surface area contributed by atoms with E-state index in [1.165, 1.54) is 6.08 Å². The highest BCUT2D eigenvalue weighted by molar-refractivity contribution is 6.50. The van der Waals surface area contributed by atoms with Gasteiger partial charge in [-0.1, -0.05) is 24.8 Å². The van der Waals surface area contributed by atoms with E-state index >= 15 is 0 Å². The first-order chi connectivity index (χ1) is 6.63. The maximum Gasteiger partial charge on any atom is 0.484 e. The summed E-state index contributed by atoms with van der Waals surface area (Å²) in [5.74, 6) is -0.270. The molecular weight excluding hydrogens is 181 g/mol. The third-order valence-corrected chi connectivity index (χ3v) is 1.95. The summed E-state index contributed by atoms with van der Waals surface area (Å²) in [6.45, 7) is 3.33. The molecular formula is C9H12BNO3. The van der Waals surface area contributed by atoms with Crippen molar-refractivity contribution in [1.29, 1.82) is 0 Å². The van der Waals surface area contributed by atoms with Gasteiger partial charge in [0.1, 0.15) is 0 Å². The predicted octanol–water partition coefficient (Wildman–Crippen LogP) is -0.445. The molecule has 0 spiro atoms. The average Bonchev–Trinajstić information content (AvgIpc) is 2.18. The lowest BCUT2D eigenvalue weighted by Crippen LogP contribution is -2.35. The molecule has 1 aliphatic rings. The second-order valence-electron chi connectivity index (χ2n) is 3.02. The van der Waals surface area contributed by atoms with Crippen LogP contribution in [0.3, 0.4) is 0 Å². The number of carbonyl (C=O) groups is 1. The molecule has 0 radical (unpaired) electrons. The lowest BCUT2D eigenvalue weighted by molar-refractivity contribution is -0.116. The maximum absolute atomic E-state index is 10.9. The van der Waals surface area contributed by atoms with Crippen molar-refractivity contribution in [3.8, 4) is 0 Å². The van der Waals surface area contributed by atoms with E-state index in [2.05, 4.69) is 11.9 Å². The van der Waals surface area contributed by atoms with E-state index in [1.54, 1.807) is 18.2 Å². The second-order valence-corrected chi connectivity index (χ2v) is 3.02. The van der Waals surface area contributed by atoms with Crippen molar-refractivity contribution in [2.45, 2.75) is 12.5 Å². The van der Waals surface area contributed by atoms with Crippen LogP contribution in [0.1, 0.15) is 6.42 Å². The van der Waals surface area contributed by atoms with Crippen LogP contribution in [0.2, 0.25) is 0 Å². The van der Waals surface area contributed by atoms with Gasteiger partial charge in [-0.2, -0.15) is 0 Å². The van der Waals surface area contributed by atoms with Gasteiger partial charge in [-0.15, -0.1) is 0 Å². The Morgan fingerprint density at radius 3 is 3.00 bits per heavy atom. The molecule has 1 rings (SSSR count). The second kappa shape index (κ2) is 4.78. The topological polar surface area (TPSA) is 69.6 Å². The van der Waals surface area contributed by atoms with Gasteiger partial charge in [0.05, 0.1) is 6.04 Å². The molecule has 0 fully saturated rings. The van der Waals surface area contributed by atoms with Crippen molar-refractivity contribution in [3.05, 3.63) is 36.4 Å². The number of rotatable bonds is 3. The third-order valence-electron chi connectivity index (χ3n) is 1.95. The molecule has 0 saturated heterocycles. The van der Waals surface area contributed by atoms with Crippen LogP contribution in [0.4, 0.5) is 0 Å². The summed E-state index contributed by atoms with van der Waals surface area (Å²) in [4.78, 5) is 10.9. The Morgan fingerprint density at radius 1 is 1.71 bits per heavy atom. The molecule has 0 aromatic rings. The molecule has 0 saturated carbocycles. The molecule has 14 heavy (non-hydrogen) atoms.